The molecule has 0 radical (unpaired) electrons. The van der Waals surface area contributed by atoms with Crippen molar-refractivity contribution >= 4 is 27.3 Å². The van der Waals surface area contributed by atoms with Gasteiger partial charge in [-0.05, 0) is 30.9 Å². The van der Waals surface area contributed by atoms with Crippen molar-refractivity contribution < 1.29 is 13.5 Å². The van der Waals surface area contributed by atoms with E-state index < -0.39 is 16.5 Å². The molecule has 0 saturated heterocycles. The Balaban J connectivity index is 1.99. The zero-order valence-corrected chi connectivity index (χ0v) is 13.3. The highest BCUT2D eigenvalue weighted by Crippen LogP contribution is 2.42. The summed E-state index contributed by atoms with van der Waals surface area (Å²) < 4.78 is 33.1. The monoisotopic (exact) mass is 358 g/mol. The Kier molecular flexibility index (Phi) is 3.82. The average Bonchev–Trinajstić information content (AvgIpc) is 2.98. The molecular weight excluding hydrogens is 346 g/mol. The predicted octanol–water partition coefficient (Wildman–Crippen LogP) is 5.01. The van der Waals surface area contributed by atoms with Gasteiger partial charge in [0.2, 0.25) is 0 Å². The van der Waals surface area contributed by atoms with Crippen molar-refractivity contribution in [3.63, 3.8) is 0 Å². The third-order valence-electron chi connectivity index (χ3n) is 3.56. The first-order valence-electron chi connectivity index (χ1n) is 6.38. The van der Waals surface area contributed by atoms with Crippen molar-refractivity contribution in [3.8, 4) is 5.75 Å². The molecule has 1 unspecified atom stereocenters. The van der Waals surface area contributed by atoms with Crippen LogP contribution in [0.15, 0.2) is 18.2 Å². The molecule has 0 fully saturated rings. The number of benzene rings is 1. The van der Waals surface area contributed by atoms with Crippen LogP contribution in [0.5, 0.6) is 5.75 Å². The maximum atomic E-state index is 14.1. The molecule has 1 atom stereocenters. The topological polar surface area (TPSA) is 9.23 Å². The predicted molar refractivity (Wildman–Crippen MR) is 80.0 cm³/mol. The van der Waals surface area contributed by atoms with Gasteiger partial charge in [-0.15, -0.1) is 11.3 Å². The molecular formula is C15H13BrF2OS. The van der Waals surface area contributed by atoms with Crippen molar-refractivity contribution in [1.29, 1.82) is 0 Å². The molecule has 1 aromatic heterocycles. The molecule has 0 spiro atoms. The van der Waals surface area contributed by atoms with E-state index in [4.69, 9.17) is 4.74 Å². The third kappa shape index (κ3) is 2.37. The second-order valence-electron chi connectivity index (χ2n) is 4.82. The molecule has 1 aliphatic rings. The van der Waals surface area contributed by atoms with Gasteiger partial charge in [0.1, 0.15) is 17.4 Å². The second-order valence-corrected chi connectivity index (χ2v) is 6.90. The van der Waals surface area contributed by atoms with E-state index in [0.717, 1.165) is 17.7 Å². The molecule has 1 aromatic carbocycles. The Hall–Kier alpha value is -0.940. The number of ether oxygens (including phenoxy) is 1. The lowest BCUT2D eigenvalue weighted by Gasteiger charge is -2.12. The van der Waals surface area contributed by atoms with Crippen LogP contribution in [0.1, 0.15) is 32.1 Å². The summed E-state index contributed by atoms with van der Waals surface area (Å²) in [7, 11) is 1.39. The number of thiophene rings is 1. The summed E-state index contributed by atoms with van der Waals surface area (Å²) in [6.07, 6.45) is 3.33. The number of hydrogen-bond donors (Lipinski definition) is 0. The van der Waals surface area contributed by atoms with Crippen LogP contribution in [0.3, 0.4) is 0 Å². The normalized spacial score (nSPS) is 15.2. The number of halogens is 3. The summed E-state index contributed by atoms with van der Waals surface area (Å²) >= 11 is 5.07. The van der Waals surface area contributed by atoms with Crippen molar-refractivity contribution in [2.75, 3.05) is 7.11 Å². The van der Waals surface area contributed by atoms with E-state index in [1.807, 2.05) is 0 Å². The highest BCUT2D eigenvalue weighted by atomic mass is 79.9. The summed E-state index contributed by atoms with van der Waals surface area (Å²) in [4.78, 5) is 1.85. The van der Waals surface area contributed by atoms with Crippen LogP contribution in [-0.4, -0.2) is 7.11 Å². The van der Waals surface area contributed by atoms with Crippen LogP contribution in [0.2, 0.25) is 0 Å². The molecule has 1 aliphatic carbocycles. The Morgan fingerprint density at radius 2 is 1.90 bits per heavy atom. The number of fused-ring (bicyclic) bond motifs is 1. The van der Waals surface area contributed by atoms with E-state index in [2.05, 4.69) is 22.0 Å². The Labute approximate surface area is 128 Å². The highest BCUT2D eigenvalue weighted by molar-refractivity contribution is 9.09. The van der Waals surface area contributed by atoms with Crippen molar-refractivity contribution in [1.82, 2.24) is 0 Å². The lowest BCUT2D eigenvalue weighted by molar-refractivity contribution is 0.405. The largest absolute Gasteiger partial charge is 0.497 e. The molecule has 1 nitrogen and oxygen atoms in total. The van der Waals surface area contributed by atoms with Crippen molar-refractivity contribution in [2.24, 2.45) is 0 Å². The fourth-order valence-electron chi connectivity index (χ4n) is 2.54. The van der Waals surface area contributed by atoms with Crippen molar-refractivity contribution in [3.05, 3.63) is 50.7 Å². The molecule has 0 aliphatic heterocycles. The van der Waals surface area contributed by atoms with E-state index in [1.54, 1.807) is 11.3 Å². The quantitative estimate of drug-likeness (QED) is 0.701. The van der Waals surface area contributed by atoms with E-state index in [9.17, 15) is 8.78 Å². The molecule has 20 heavy (non-hydrogen) atoms. The van der Waals surface area contributed by atoms with Gasteiger partial charge >= 0.3 is 0 Å². The summed E-state index contributed by atoms with van der Waals surface area (Å²) in [5, 5.41) is 0. The maximum Gasteiger partial charge on any atom is 0.134 e. The van der Waals surface area contributed by atoms with Crippen LogP contribution >= 0.6 is 27.3 Å². The molecule has 106 valence electrons. The lowest BCUT2D eigenvalue weighted by Crippen LogP contribution is -2.00. The number of rotatable bonds is 3. The van der Waals surface area contributed by atoms with E-state index in [0.29, 0.717) is 0 Å². The molecule has 0 N–H and O–H groups in total. The molecule has 1 heterocycles. The first-order chi connectivity index (χ1) is 9.60. The maximum absolute atomic E-state index is 14.1. The number of aryl methyl sites for hydroxylation is 2. The molecule has 0 amide bonds. The van der Waals surface area contributed by atoms with Crippen LogP contribution in [0.4, 0.5) is 8.78 Å². The van der Waals surface area contributed by atoms with E-state index >= 15 is 0 Å². The highest BCUT2D eigenvalue weighted by Gasteiger charge is 2.25. The average molecular weight is 359 g/mol. The first kappa shape index (κ1) is 14.0. The molecule has 2 aromatic rings. The Morgan fingerprint density at radius 3 is 2.50 bits per heavy atom. The Bertz CT molecular complexity index is 609. The van der Waals surface area contributed by atoms with Gasteiger partial charge in [0, 0.05) is 27.5 Å². The lowest BCUT2D eigenvalue weighted by atomic mass is 10.1. The fourth-order valence-corrected chi connectivity index (χ4v) is 4.64. The fraction of sp³-hybridized carbons (Fsp3) is 0.333. The van der Waals surface area contributed by atoms with Gasteiger partial charge in [0.25, 0.3) is 0 Å². The first-order valence-corrected chi connectivity index (χ1v) is 8.12. The zero-order valence-electron chi connectivity index (χ0n) is 10.9. The smallest absolute Gasteiger partial charge is 0.134 e. The van der Waals surface area contributed by atoms with Gasteiger partial charge in [-0.2, -0.15) is 0 Å². The van der Waals surface area contributed by atoms with Gasteiger partial charge in [-0.1, -0.05) is 15.9 Å². The van der Waals surface area contributed by atoms with Gasteiger partial charge in [0.05, 0.1) is 11.9 Å². The number of methoxy groups -OCH3 is 1. The van der Waals surface area contributed by atoms with Crippen LogP contribution < -0.4 is 4.74 Å². The van der Waals surface area contributed by atoms with E-state index in [-0.39, 0.29) is 11.3 Å². The minimum Gasteiger partial charge on any atom is -0.497 e. The summed E-state index contributed by atoms with van der Waals surface area (Å²) in [5.74, 6) is -0.980. The summed E-state index contributed by atoms with van der Waals surface area (Å²) in [5.41, 5.74) is 1.37. The minimum absolute atomic E-state index is 0.0470. The van der Waals surface area contributed by atoms with Gasteiger partial charge in [-0.25, -0.2) is 8.78 Å². The Morgan fingerprint density at radius 1 is 1.20 bits per heavy atom. The number of hydrogen-bond acceptors (Lipinski definition) is 2. The summed E-state index contributed by atoms with van der Waals surface area (Å²) in [6, 6.07) is 4.50. The standard InChI is InChI=1S/C15H13BrF2OS/c1-19-9-6-10(17)14(11(18)7-9)15(16)13-5-8-3-2-4-12(8)20-13/h5-7,15H,2-4H2,1H3. The van der Waals surface area contributed by atoms with E-state index in [1.165, 1.54) is 36.1 Å². The van der Waals surface area contributed by atoms with Crippen molar-refractivity contribution in [2.45, 2.75) is 24.1 Å². The summed E-state index contributed by atoms with van der Waals surface area (Å²) in [6.45, 7) is 0. The molecule has 5 heteroatoms. The number of alkyl halides is 1. The van der Waals surface area contributed by atoms with Gasteiger partial charge < -0.3 is 4.74 Å². The van der Waals surface area contributed by atoms with Gasteiger partial charge in [-0.3, -0.25) is 0 Å². The molecule has 0 saturated carbocycles. The second kappa shape index (κ2) is 5.45. The SMILES string of the molecule is COc1cc(F)c(C(Br)c2cc3c(s2)CCC3)c(F)c1. The van der Waals surface area contributed by atoms with Crippen LogP contribution in [0.25, 0.3) is 0 Å². The molecule has 0 bridgehead atoms. The van der Waals surface area contributed by atoms with Gasteiger partial charge in [0.15, 0.2) is 0 Å². The van der Waals surface area contributed by atoms with Crippen LogP contribution in [0, 0.1) is 11.6 Å². The minimum atomic E-state index is -0.586. The third-order valence-corrected chi connectivity index (χ3v) is 6.11. The molecule has 3 rings (SSSR count). The zero-order chi connectivity index (χ0) is 14.3. The van der Waals surface area contributed by atoms with Crippen LogP contribution in [-0.2, 0) is 12.8 Å².